The summed E-state index contributed by atoms with van der Waals surface area (Å²) in [6, 6.07) is 10.8. The fourth-order valence-electron chi connectivity index (χ4n) is 3.16. The molecular weight excluding hydrogens is 394 g/mol. The van der Waals surface area contributed by atoms with Crippen molar-refractivity contribution in [1.29, 1.82) is 0 Å². The molecule has 1 aliphatic rings. The third-order valence-electron chi connectivity index (χ3n) is 4.99. The van der Waals surface area contributed by atoms with Crippen LogP contribution in [0.5, 0.6) is 23.0 Å². The maximum absolute atomic E-state index is 13.1. The first kappa shape index (κ1) is 21.3. The van der Waals surface area contributed by atoms with Gasteiger partial charge in [0.15, 0.2) is 0 Å². The van der Waals surface area contributed by atoms with E-state index in [2.05, 4.69) is 0 Å². The number of hydrogen-bond donors (Lipinski definition) is 0. The van der Waals surface area contributed by atoms with Crippen molar-refractivity contribution in [3.63, 3.8) is 0 Å². The van der Waals surface area contributed by atoms with Crippen LogP contribution in [-0.4, -0.2) is 46.4 Å². The number of ether oxygens (including phenoxy) is 4. The van der Waals surface area contributed by atoms with E-state index in [9.17, 15) is 8.42 Å². The van der Waals surface area contributed by atoms with Gasteiger partial charge in [0, 0.05) is 36.3 Å². The van der Waals surface area contributed by atoms with Gasteiger partial charge in [-0.2, -0.15) is 4.31 Å². The highest BCUT2D eigenvalue weighted by Gasteiger charge is 2.40. The zero-order valence-electron chi connectivity index (χ0n) is 17.2. The van der Waals surface area contributed by atoms with Gasteiger partial charge in [0.1, 0.15) is 23.0 Å². The molecule has 2 aromatic rings. The second-order valence-corrected chi connectivity index (χ2v) is 9.08. The Morgan fingerprint density at radius 1 is 0.793 bits per heavy atom. The molecule has 2 aromatic carbocycles. The molecule has 1 fully saturated rings. The number of sulfonamides is 1. The van der Waals surface area contributed by atoms with Crippen LogP contribution in [0.4, 0.5) is 0 Å². The van der Waals surface area contributed by atoms with E-state index < -0.39 is 10.0 Å². The minimum absolute atomic E-state index is 0.196. The SMILES string of the molecule is COc1ccc(CN(Cc2ccc(OC)cc2OC)S(=O)(=O)C2CC2)c(OC)c1. The molecular formula is C21H27NO6S. The van der Waals surface area contributed by atoms with Crippen molar-refractivity contribution in [3.8, 4) is 23.0 Å². The number of benzene rings is 2. The van der Waals surface area contributed by atoms with Crippen molar-refractivity contribution in [2.75, 3.05) is 28.4 Å². The molecule has 0 N–H and O–H groups in total. The zero-order valence-corrected chi connectivity index (χ0v) is 18.0. The molecule has 158 valence electrons. The van der Waals surface area contributed by atoms with Gasteiger partial charge in [0.2, 0.25) is 10.0 Å². The van der Waals surface area contributed by atoms with Crippen molar-refractivity contribution in [3.05, 3.63) is 47.5 Å². The first-order valence-electron chi connectivity index (χ1n) is 9.33. The van der Waals surface area contributed by atoms with E-state index in [1.54, 1.807) is 52.7 Å². The van der Waals surface area contributed by atoms with Crippen molar-refractivity contribution in [1.82, 2.24) is 4.31 Å². The van der Waals surface area contributed by atoms with Crippen molar-refractivity contribution >= 4 is 10.0 Å². The van der Waals surface area contributed by atoms with Gasteiger partial charge in [-0.1, -0.05) is 12.1 Å². The number of methoxy groups -OCH3 is 4. The topological polar surface area (TPSA) is 74.3 Å². The highest BCUT2D eigenvalue weighted by Crippen LogP contribution is 2.36. The molecule has 0 aromatic heterocycles. The minimum Gasteiger partial charge on any atom is -0.497 e. The molecule has 0 unspecified atom stereocenters. The Balaban J connectivity index is 1.95. The molecule has 0 radical (unpaired) electrons. The van der Waals surface area contributed by atoms with Gasteiger partial charge >= 0.3 is 0 Å². The largest absolute Gasteiger partial charge is 0.497 e. The van der Waals surface area contributed by atoms with Gasteiger partial charge in [-0.3, -0.25) is 0 Å². The lowest BCUT2D eigenvalue weighted by Gasteiger charge is -2.24. The molecule has 0 bridgehead atoms. The molecule has 1 saturated carbocycles. The molecule has 7 nitrogen and oxygen atoms in total. The number of hydrogen-bond acceptors (Lipinski definition) is 6. The molecule has 0 aliphatic heterocycles. The average molecular weight is 422 g/mol. The average Bonchev–Trinajstić information content (AvgIpc) is 3.59. The monoisotopic (exact) mass is 421 g/mol. The van der Waals surface area contributed by atoms with Crippen LogP contribution < -0.4 is 18.9 Å². The normalized spacial score (nSPS) is 14.0. The fourth-order valence-corrected chi connectivity index (χ4v) is 4.95. The summed E-state index contributed by atoms with van der Waals surface area (Å²) in [7, 11) is 2.83. The van der Waals surface area contributed by atoms with E-state index in [1.165, 1.54) is 4.31 Å². The van der Waals surface area contributed by atoms with E-state index in [0.29, 0.717) is 35.8 Å². The molecule has 0 atom stereocenters. The Labute approximate surface area is 172 Å². The third kappa shape index (κ3) is 4.76. The second-order valence-electron chi connectivity index (χ2n) is 6.87. The van der Waals surface area contributed by atoms with Gasteiger partial charge in [-0.25, -0.2) is 8.42 Å². The standard InChI is InChI=1S/C21H27NO6S/c1-25-17-7-5-15(20(11-17)27-3)13-22(29(23,24)19-9-10-19)14-16-6-8-18(26-2)12-21(16)28-4/h5-8,11-12,19H,9-10,13-14H2,1-4H3. The Bertz CT molecular complexity index is 898. The lowest BCUT2D eigenvalue weighted by atomic mass is 10.1. The number of rotatable bonds is 10. The van der Waals surface area contributed by atoms with Crippen LogP contribution in [0.1, 0.15) is 24.0 Å². The lowest BCUT2D eigenvalue weighted by Crippen LogP contribution is -2.33. The molecule has 0 spiro atoms. The van der Waals surface area contributed by atoms with E-state index in [-0.39, 0.29) is 18.3 Å². The van der Waals surface area contributed by atoms with Crippen LogP contribution in [-0.2, 0) is 23.1 Å². The van der Waals surface area contributed by atoms with E-state index in [0.717, 1.165) is 11.1 Å². The predicted octanol–water partition coefficient (Wildman–Crippen LogP) is 3.22. The van der Waals surface area contributed by atoms with E-state index in [4.69, 9.17) is 18.9 Å². The predicted molar refractivity (Wildman–Crippen MR) is 110 cm³/mol. The maximum Gasteiger partial charge on any atom is 0.217 e. The summed E-state index contributed by atoms with van der Waals surface area (Å²) in [5.74, 6) is 2.47. The van der Waals surface area contributed by atoms with E-state index in [1.807, 2.05) is 12.1 Å². The van der Waals surface area contributed by atoms with Gasteiger partial charge in [0.05, 0.1) is 33.7 Å². The fraction of sp³-hybridized carbons (Fsp3) is 0.429. The van der Waals surface area contributed by atoms with Crippen molar-refractivity contribution in [2.24, 2.45) is 0 Å². The summed E-state index contributed by atoms with van der Waals surface area (Å²) < 4.78 is 49.2. The van der Waals surface area contributed by atoms with Crippen LogP contribution in [0.25, 0.3) is 0 Å². The molecule has 0 amide bonds. The highest BCUT2D eigenvalue weighted by molar-refractivity contribution is 7.90. The summed E-state index contributed by atoms with van der Waals surface area (Å²) in [4.78, 5) is 0. The maximum atomic E-state index is 13.1. The molecule has 1 aliphatic carbocycles. The summed E-state index contributed by atoms with van der Waals surface area (Å²) in [6.45, 7) is 0.391. The Kier molecular flexibility index (Phi) is 6.54. The molecule has 29 heavy (non-hydrogen) atoms. The van der Waals surface area contributed by atoms with Crippen LogP contribution in [0.15, 0.2) is 36.4 Å². The van der Waals surface area contributed by atoms with E-state index >= 15 is 0 Å². The van der Waals surface area contributed by atoms with Crippen LogP contribution >= 0.6 is 0 Å². The van der Waals surface area contributed by atoms with Gasteiger partial charge in [-0.15, -0.1) is 0 Å². The molecule has 8 heteroatoms. The van der Waals surface area contributed by atoms with Crippen molar-refractivity contribution in [2.45, 2.75) is 31.2 Å². The molecule has 3 rings (SSSR count). The lowest BCUT2D eigenvalue weighted by molar-refractivity contribution is 0.358. The smallest absolute Gasteiger partial charge is 0.217 e. The first-order chi connectivity index (χ1) is 13.9. The van der Waals surface area contributed by atoms with Crippen molar-refractivity contribution < 1.29 is 27.4 Å². The Hall–Kier alpha value is -2.45. The first-order valence-corrected chi connectivity index (χ1v) is 10.8. The zero-order chi connectivity index (χ0) is 21.0. The van der Waals surface area contributed by atoms with Crippen LogP contribution in [0.2, 0.25) is 0 Å². The Morgan fingerprint density at radius 3 is 1.59 bits per heavy atom. The van der Waals surface area contributed by atoms with Gasteiger partial charge in [0.25, 0.3) is 0 Å². The van der Waals surface area contributed by atoms with Gasteiger partial charge in [-0.05, 0) is 25.0 Å². The van der Waals surface area contributed by atoms with Gasteiger partial charge < -0.3 is 18.9 Å². The molecule has 0 heterocycles. The Morgan fingerprint density at radius 2 is 1.24 bits per heavy atom. The quantitative estimate of drug-likeness (QED) is 0.586. The highest BCUT2D eigenvalue weighted by atomic mass is 32.2. The third-order valence-corrected chi connectivity index (χ3v) is 7.28. The summed E-state index contributed by atoms with van der Waals surface area (Å²) in [5, 5.41) is -0.323. The molecule has 0 saturated heterocycles. The summed E-state index contributed by atoms with van der Waals surface area (Å²) >= 11 is 0. The minimum atomic E-state index is -3.45. The number of nitrogens with zero attached hydrogens (tertiary/aromatic N) is 1. The summed E-state index contributed by atoms with van der Waals surface area (Å²) in [5.41, 5.74) is 1.54. The van der Waals surface area contributed by atoms with Crippen LogP contribution in [0, 0.1) is 0 Å². The second kappa shape index (κ2) is 8.92. The summed E-state index contributed by atoms with van der Waals surface area (Å²) in [6.07, 6.45) is 1.39. The van der Waals surface area contributed by atoms with Crippen LogP contribution in [0.3, 0.4) is 0 Å².